The molecule has 1 aromatic carbocycles. The Morgan fingerprint density at radius 2 is 2.29 bits per heavy atom. The summed E-state index contributed by atoms with van der Waals surface area (Å²) in [5.74, 6) is 0.847. The normalized spacial score (nSPS) is 34.0. The molecule has 0 fully saturated rings. The third kappa shape index (κ3) is 1.94. The van der Waals surface area contributed by atoms with Crippen LogP contribution in [0.15, 0.2) is 24.3 Å². The zero-order valence-corrected chi connectivity index (χ0v) is 13.8. The Morgan fingerprint density at radius 1 is 1.43 bits per heavy atom. The van der Waals surface area contributed by atoms with E-state index in [-0.39, 0.29) is 17.3 Å². The quantitative estimate of drug-likeness (QED) is 0.330. The van der Waals surface area contributed by atoms with Crippen molar-refractivity contribution in [1.29, 1.82) is 0 Å². The average molecular weight is 399 g/mol. The second kappa shape index (κ2) is 4.86. The van der Waals surface area contributed by atoms with E-state index in [1.807, 2.05) is 12.1 Å². The third-order valence-corrected chi connectivity index (χ3v) is 5.96. The van der Waals surface area contributed by atoms with Crippen LogP contribution in [0.3, 0.4) is 0 Å². The number of alkyl halides is 1. The summed E-state index contributed by atoms with van der Waals surface area (Å²) in [5, 5.41) is 20.1. The van der Waals surface area contributed by atoms with E-state index in [1.54, 1.807) is 6.07 Å². The van der Waals surface area contributed by atoms with Gasteiger partial charge < -0.3 is 14.9 Å². The van der Waals surface area contributed by atoms with Gasteiger partial charge in [-0.15, -0.1) is 0 Å². The molecule has 1 aromatic rings. The zero-order valence-electron chi connectivity index (χ0n) is 11.6. The first-order valence-electron chi connectivity index (χ1n) is 7.32. The van der Waals surface area contributed by atoms with Crippen molar-refractivity contribution >= 4 is 22.6 Å². The largest absolute Gasteiger partial charge is 0.504 e. The first-order chi connectivity index (χ1) is 10.1. The van der Waals surface area contributed by atoms with Gasteiger partial charge in [0.1, 0.15) is 6.10 Å². The molecule has 1 unspecified atom stereocenters. The van der Waals surface area contributed by atoms with Gasteiger partial charge in [0, 0.05) is 25.1 Å². The molecule has 2 aliphatic heterocycles. The summed E-state index contributed by atoms with van der Waals surface area (Å²) in [6.45, 7) is 1.89. The van der Waals surface area contributed by atoms with Crippen molar-refractivity contribution in [2.75, 3.05) is 11.1 Å². The maximum Gasteiger partial charge on any atom is 0.165 e. The summed E-state index contributed by atoms with van der Waals surface area (Å²) in [7, 11) is 0. The van der Waals surface area contributed by atoms with Crippen LogP contribution < -0.4 is 4.74 Å². The van der Waals surface area contributed by atoms with Crippen LogP contribution in [0.2, 0.25) is 0 Å². The molecule has 3 atom stereocenters. The van der Waals surface area contributed by atoms with Crippen LogP contribution in [0.25, 0.3) is 0 Å². The summed E-state index contributed by atoms with van der Waals surface area (Å²) in [5.41, 5.74) is 2.19. The number of ether oxygens (including phenoxy) is 1. The maximum atomic E-state index is 10.2. The molecular formula is C16H18INO3. The van der Waals surface area contributed by atoms with Gasteiger partial charge in [-0.25, -0.2) is 0 Å². The molecule has 2 N–H and O–H groups in total. The second-order valence-electron chi connectivity index (χ2n) is 6.18. The van der Waals surface area contributed by atoms with E-state index in [0.717, 1.165) is 29.6 Å². The second-order valence-corrected chi connectivity index (χ2v) is 6.86. The first kappa shape index (κ1) is 13.8. The summed E-state index contributed by atoms with van der Waals surface area (Å²) < 4.78 is 7.06. The molecule has 0 amide bonds. The molecule has 5 heteroatoms. The summed E-state index contributed by atoms with van der Waals surface area (Å²) in [6, 6.07) is 3.75. The number of aliphatic hydroxyl groups excluding tert-OH is 1. The fourth-order valence-electron chi connectivity index (χ4n) is 3.95. The van der Waals surface area contributed by atoms with Gasteiger partial charge in [0.15, 0.2) is 11.5 Å². The van der Waals surface area contributed by atoms with Crippen LogP contribution in [0.1, 0.15) is 24.0 Å². The van der Waals surface area contributed by atoms with E-state index in [0.29, 0.717) is 12.2 Å². The molecule has 3 aliphatic rings. The van der Waals surface area contributed by atoms with Crippen LogP contribution in [-0.4, -0.2) is 38.4 Å². The summed E-state index contributed by atoms with van der Waals surface area (Å²) in [6.07, 6.45) is 5.04. The molecular weight excluding hydrogens is 381 g/mol. The highest BCUT2D eigenvalue weighted by Gasteiger charge is 2.52. The molecule has 21 heavy (non-hydrogen) atoms. The van der Waals surface area contributed by atoms with Crippen LogP contribution in [0, 0.1) is 0 Å². The van der Waals surface area contributed by atoms with E-state index in [2.05, 4.69) is 33.6 Å². The highest BCUT2D eigenvalue weighted by atomic mass is 127. The number of rotatable bonds is 1. The summed E-state index contributed by atoms with van der Waals surface area (Å²) in [4.78, 5) is 2.41. The van der Waals surface area contributed by atoms with Gasteiger partial charge in [0.2, 0.25) is 0 Å². The van der Waals surface area contributed by atoms with Gasteiger partial charge in [-0.3, -0.25) is 4.90 Å². The first-order valence-corrected chi connectivity index (χ1v) is 8.84. The van der Waals surface area contributed by atoms with E-state index in [4.69, 9.17) is 4.74 Å². The molecule has 0 saturated heterocycles. The van der Waals surface area contributed by atoms with Crippen LogP contribution in [0.5, 0.6) is 11.5 Å². The fraction of sp³-hybridized carbons (Fsp3) is 0.500. The Hall–Kier alpha value is -0.790. The number of phenolic OH excluding ortho intramolecular Hbond substituents is 1. The Labute approximate surface area is 137 Å². The van der Waals surface area contributed by atoms with E-state index in [9.17, 15) is 10.2 Å². The van der Waals surface area contributed by atoms with Crippen molar-refractivity contribution in [2.24, 2.45) is 0 Å². The minimum atomic E-state index is -0.454. The van der Waals surface area contributed by atoms with Gasteiger partial charge >= 0.3 is 0 Å². The van der Waals surface area contributed by atoms with E-state index < -0.39 is 6.10 Å². The van der Waals surface area contributed by atoms with Crippen LogP contribution >= 0.6 is 22.6 Å². The van der Waals surface area contributed by atoms with Gasteiger partial charge in [0.05, 0.1) is 16.1 Å². The minimum absolute atomic E-state index is 0.0753. The lowest BCUT2D eigenvalue weighted by atomic mass is 9.69. The van der Waals surface area contributed by atoms with E-state index >= 15 is 0 Å². The van der Waals surface area contributed by atoms with E-state index in [1.165, 1.54) is 5.56 Å². The number of benzene rings is 1. The highest BCUT2D eigenvalue weighted by molar-refractivity contribution is 14.1. The topological polar surface area (TPSA) is 52.9 Å². The number of phenols is 1. The van der Waals surface area contributed by atoms with Gasteiger partial charge in [-0.2, -0.15) is 0 Å². The lowest BCUT2D eigenvalue weighted by molar-refractivity contribution is 0.0821. The third-order valence-electron chi connectivity index (χ3n) is 5.00. The number of hydrogen-bond donors (Lipinski definition) is 2. The molecule has 0 bridgehead atoms. The smallest absolute Gasteiger partial charge is 0.165 e. The van der Waals surface area contributed by atoms with Gasteiger partial charge in [-0.1, -0.05) is 40.8 Å². The Bertz CT molecular complexity index is 618. The number of halogens is 1. The fourth-order valence-corrected chi connectivity index (χ4v) is 4.53. The molecule has 1 aliphatic carbocycles. The Balaban J connectivity index is 1.92. The van der Waals surface area contributed by atoms with Gasteiger partial charge in [0.25, 0.3) is 0 Å². The van der Waals surface area contributed by atoms with Crippen molar-refractivity contribution in [3.05, 3.63) is 35.4 Å². The van der Waals surface area contributed by atoms with Crippen molar-refractivity contribution in [2.45, 2.75) is 37.0 Å². The lowest BCUT2D eigenvalue weighted by Crippen LogP contribution is -2.42. The maximum absolute atomic E-state index is 10.2. The standard InChI is InChI=1S/C16H18INO3/c17-9-18-6-5-16-4-3-11(19)7-13(16)21-15-12(20)2-1-10(8-18)14(15)16/h1-4,11,13,19-20H,5-9H2/t11-,13?,16-/m0/s1. The predicted molar refractivity (Wildman–Crippen MR) is 87.9 cm³/mol. The molecule has 0 aromatic heterocycles. The van der Waals surface area contributed by atoms with Crippen molar-refractivity contribution in [3.8, 4) is 11.5 Å². The summed E-state index contributed by atoms with van der Waals surface area (Å²) >= 11 is 2.40. The number of aliphatic hydroxyl groups is 1. The molecule has 4 nitrogen and oxygen atoms in total. The predicted octanol–water partition coefficient (Wildman–Crippen LogP) is 2.31. The zero-order chi connectivity index (χ0) is 14.6. The SMILES string of the molecule is Oc1ccc2c3c1OC1C[C@@H](O)C=C[C@@]31CCN(CI)C2. The molecule has 1 spiro atoms. The average Bonchev–Trinajstić information content (AvgIpc) is 2.72. The van der Waals surface area contributed by atoms with Crippen molar-refractivity contribution < 1.29 is 14.9 Å². The van der Waals surface area contributed by atoms with Crippen LogP contribution in [0.4, 0.5) is 0 Å². The molecule has 0 radical (unpaired) electrons. The number of hydrogen-bond acceptors (Lipinski definition) is 4. The van der Waals surface area contributed by atoms with Gasteiger partial charge in [-0.05, 0) is 18.1 Å². The Morgan fingerprint density at radius 3 is 3.10 bits per heavy atom. The minimum Gasteiger partial charge on any atom is -0.504 e. The number of aromatic hydroxyl groups is 1. The highest BCUT2D eigenvalue weighted by Crippen LogP contribution is 2.55. The van der Waals surface area contributed by atoms with Crippen LogP contribution in [-0.2, 0) is 12.0 Å². The number of nitrogens with zero attached hydrogens (tertiary/aromatic N) is 1. The monoisotopic (exact) mass is 399 g/mol. The van der Waals surface area contributed by atoms with Crippen molar-refractivity contribution in [1.82, 2.24) is 4.90 Å². The lowest BCUT2D eigenvalue weighted by Gasteiger charge is -2.35. The molecule has 2 heterocycles. The van der Waals surface area contributed by atoms with Crippen molar-refractivity contribution in [3.63, 3.8) is 0 Å². The molecule has 4 rings (SSSR count). The molecule has 112 valence electrons. The molecule has 0 saturated carbocycles. The Kier molecular flexibility index (Phi) is 3.20.